The van der Waals surface area contributed by atoms with Gasteiger partial charge in [0.1, 0.15) is 12.4 Å². The summed E-state index contributed by atoms with van der Waals surface area (Å²) >= 11 is 1.93. The van der Waals surface area contributed by atoms with E-state index in [1.54, 1.807) is 0 Å². The maximum Gasteiger partial charge on any atom is 0.119 e. The molecule has 0 N–H and O–H groups in total. The number of unbranched alkanes of at least 4 members (excludes halogenated alkanes) is 2. The summed E-state index contributed by atoms with van der Waals surface area (Å²) in [5.41, 5.74) is 3.75. The van der Waals surface area contributed by atoms with Gasteiger partial charge >= 0.3 is 0 Å². The van der Waals surface area contributed by atoms with Crippen LogP contribution in [0.2, 0.25) is 0 Å². The van der Waals surface area contributed by atoms with Gasteiger partial charge in [-0.25, -0.2) is 0 Å². The summed E-state index contributed by atoms with van der Waals surface area (Å²) in [5.74, 6) is 0.905. The molecule has 0 fully saturated rings. The Morgan fingerprint density at radius 3 is 2.15 bits per heavy atom. The van der Waals surface area contributed by atoms with E-state index < -0.39 is 0 Å². The second kappa shape index (κ2) is 10.1. The first-order valence-corrected chi connectivity index (χ1v) is 10.7. The van der Waals surface area contributed by atoms with E-state index in [4.69, 9.17) is 4.74 Å². The van der Waals surface area contributed by atoms with Gasteiger partial charge in [-0.05, 0) is 60.7 Å². The molecular weight excluding hydrogens is 348 g/mol. The Bertz CT molecular complexity index is 841. The van der Waals surface area contributed by atoms with E-state index in [2.05, 4.69) is 55.5 Å². The summed E-state index contributed by atoms with van der Waals surface area (Å²) in [7, 11) is 0. The van der Waals surface area contributed by atoms with Crippen molar-refractivity contribution in [3.63, 3.8) is 0 Å². The molecule has 0 spiro atoms. The number of hydrogen-bond donors (Lipinski definition) is 0. The van der Waals surface area contributed by atoms with Crippen LogP contribution in [0.3, 0.4) is 0 Å². The monoisotopic (exact) mass is 376 g/mol. The number of benzene rings is 2. The zero-order chi connectivity index (χ0) is 18.9. The van der Waals surface area contributed by atoms with Crippen molar-refractivity contribution in [2.75, 3.05) is 6.61 Å². The Morgan fingerprint density at radius 1 is 0.815 bits per heavy atom. The molecule has 1 nitrogen and oxygen atoms in total. The second-order valence-electron chi connectivity index (χ2n) is 6.70. The predicted octanol–water partition coefficient (Wildman–Crippen LogP) is 7.77. The number of allylic oxidation sites excluding steroid dienone is 1. The maximum absolute atomic E-state index is 5.67. The highest BCUT2D eigenvalue weighted by Crippen LogP contribution is 2.31. The van der Waals surface area contributed by atoms with Gasteiger partial charge in [0.2, 0.25) is 0 Å². The van der Waals surface area contributed by atoms with Gasteiger partial charge in [-0.15, -0.1) is 11.3 Å². The molecule has 27 heavy (non-hydrogen) atoms. The Balaban J connectivity index is 1.64. The summed E-state index contributed by atoms with van der Waals surface area (Å²) in [6.07, 6.45) is 9.11. The predicted molar refractivity (Wildman–Crippen MR) is 119 cm³/mol. The molecule has 2 heteroatoms. The maximum atomic E-state index is 5.67. The lowest BCUT2D eigenvalue weighted by atomic mass is 10.0. The van der Waals surface area contributed by atoms with E-state index in [-0.39, 0.29) is 0 Å². The fourth-order valence-electron chi connectivity index (χ4n) is 3.03. The van der Waals surface area contributed by atoms with Crippen molar-refractivity contribution in [3.8, 4) is 27.3 Å². The largest absolute Gasteiger partial charge is 0.490 e. The highest BCUT2D eigenvalue weighted by molar-refractivity contribution is 7.15. The molecule has 0 saturated heterocycles. The molecule has 3 rings (SSSR count). The molecule has 0 radical (unpaired) electrons. The van der Waals surface area contributed by atoms with Gasteiger partial charge in [-0.1, -0.05) is 68.3 Å². The summed E-state index contributed by atoms with van der Waals surface area (Å²) in [6, 6.07) is 21.7. The molecule has 140 valence electrons. The van der Waals surface area contributed by atoms with Crippen LogP contribution in [0.5, 0.6) is 5.75 Å². The summed E-state index contributed by atoms with van der Waals surface area (Å²) in [4.78, 5) is 2.86. The van der Waals surface area contributed by atoms with Gasteiger partial charge in [-0.2, -0.15) is 0 Å². The molecule has 0 unspecified atom stereocenters. The quantitative estimate of drug-likeness (QED) is 0.274. The van der Waals surface area contributed by atoms with Crippen LogP contribution in [0.4, 0.5) is 0 Å². The van der Waals surface area contributed by atoms with Crippen molar-refractivity contribution in [1.82, 2.24) is 0 Å². The third kappa shape index (κ3) is 5.58. The third-order valence-corrected chi connectivity index (χ3v) is 5.82. The number of hydrogen-bond acceptors (Lipinski definition) is 2. The van der Waals surface area contributed by atoms with E-state index in [9.17, 15) is 0 Å². The minimum atomic E-state index is 0.617. The minimum absolute atomic E-state index is 0.617. The molecule has 0 amide bonds. The molecule has 0 bridgehead atoms. The lowest BCUT2D eigenvalue weighted by molar-refractivity contribution is 0.363. The number of thiophene rings is 1. The van der Waals surface area contributed by atoms with Crippen molar-refractivity contribution in [3.05, 3.63) is 77.7 Å². The summed E-state index contributed by atoms with van der Waals surface area (Å²) in [6.45, 7) is 4.87. The van der Waals surface area contributed by atoms with Crippen molar-refractivity contribution in [2.24, 2.45) is 0 Å². The molecule has 2 aromatic carbocycles. The van der Waals surface area contributed by atoms with Gasteiger partial charge in [0, 0.05) is 9.75 Å². The minimum Gasteiger partial charge on any atom is -0.490 e. The molecule has 0 aliphatic carbocycles. The van der Waals surface area contributed by atoms with E-state index >= 15 is 0 Å². The Morgan fingerprint density at radius 2 is 1.48 bits per heavy atom. The lowest BCUT2D eigenvalue weighted by Gasteiger charge is -2.06. The van der Waals surface area contributed by atoms with Crippen LogP contribution in [0.1, 0.15) is 38.0 Å². The first-order chi connectivity index (χ1) is 13.3. The summed E-state index contributed by atoms with van der Waals surface area (Å²) < 4.78 is 5.67. The first kappa shape index (κ1) is 19.4. The number of ether oxygens (including phenoxy) is 1. The fraction of sp³-hybridized carbons (Fsp3) is 0.280. The van der Waals surface area contributed by atoms with Crippen molar-refractivity contribution in [1.29, 1.82) is 0 Å². The van der Waals surface area contributed by atoms with E-state index in [1.165, 1.54) is 52.1 Å². The SMILES string of the molecule is C/C=C/COc1ccc(-c2ccc(-c3ccc(CCCCC)s3)cc2)cc1. The Labute approximate surface area is 167 Å². The number of aryl methyl sites for hydroxylation is 1. The van der Waals surface area contributed by atoms with Crippen LogP contribution in [-0.2, 0) is 6.42 Å². The zero-order valence-electron chi connectivity index (χ0n) is 16.3. The van der Waals surface area contributed by atoms with Crippen LogP contribution in [-0.4, -0.2) is 6.61 Å². The standard InChI is InChI=1S/C25H28OS/c1-3-5-7-8-24-17-18-25(27-24)22-11-9-20(10-12-22)21-13-15-23(16-14-21)26-19-6-4-2/h4,6,9-18H,3,5,7-8,19H2,1-2H3/b6-4+. The van der Waals surface area contributed by atoms with Gasteiger partial charge in [0.15, 0.2) is 0 Å². The average Bonchev–Trinajstić information content (AvgIpc) is 3.18. The normalized spacial score (nSPS) is 11.2. The fourth-order valence-corrected chi connectivity index (χ4v) is 4.08. The van der Waals surface area contributed by atoms with Crippen LogP contribution in [0.15, 0.2) is 72.8 Å². The Kier molecular flexibility index (Phi) is 7.29. The lowest BCUT2D eigenvalue weighted by Crippen LogP contribution is -1.92. The molecule has 0 saturated carbocycles. The molecule has 1 aromatic heterocycles. The third-order valence-electron chi connectivity index (χ3n) is 4.63. The van der Waals surface area contributed by atoms with Crippen molar-refractivity contribution in [2.45, 2.75) is 39.5 Å². The van der Waals surface area contributed by atoms with E-state index in [1.807, 2.05) is 42.5 Å². The zero-order valence-corrected chi connectivity index (χ0v) is 17.1. The smallest absolute Gasteiger partial charge is 0.119 e. The van der Waals surface area contributed by atoms with Crippen LogP contribution in [0, 0.1) is 0 Å². The Hall–Kier alpha value is -2.32. The van der Waals surface area contributed by atoms with Crippen LogP contribution >= 0.6 is 11.3 Å². The highest BCUT2D eigenvalue weighted by atomic mass is 32.1. The van der Waals surface area contributed by atoms with Crippen molar-refractivity contribution < 1.29 is 4.74 Å². The van der Waals surface area contributed by atoms with Gasteiger partial charge in [-0.3, -0.25) is 0 Å². The molecule has 0 aliphatic heterocycles. The van der Waals surface area contributed by atoms with E-state index in [0.717, 1.165) is 5.75 Å². The highest BCUT2D eigenvalue weighted by Gasteiger charge is 2.04. The molecular formula is C25H28OS. The van der Waals surface area contributed by atoms with Crippen molar-refractivity contribution >= 4 is 11.3 Å². The molecule has 3 aromatic rings. The number of rotatable bonds is 9. The topological polar surface area (TPSA) is 9.23 Å². The molecule has 1 heterocycles. The van der Waals surface area contributed by atoms with Gasteiger partial charge in [0.25, 0.3) is 0 Å². The molecule has 0 atom stereocenters. The second-order valence-corrected chi connectivity index (χ2v) is 7.87. The van der Waals surface area contributed by atoms with Crippen LogP contribution < -0.4 is 4.74 Å². The van der Waals surface area contributed by atoms with E-state index in [0.29, 0.717) is 6.61 Å². The first-order valence-electron chi connectivity index (χ1n) is 9.83. The van der Waals surface area contributed by atoms with Crippen LogP contribution in [0.25, 0.3) is 21.6 Å². The van der Waals surface area contributed by atoms with Gasteiger partial charge in [0.05, 0.1) is 0 Å². The summed E-state index contributed by atoms with van der Waals surface area (Å²) in [5, 5.41) is 0. The average molecular weight is 377 g/mol. The molecule has 0 aliphatic rings. The van der Waals surface area contributed by atoms with Gasteiger partial charge < -0.3 is 4.74 Å².